The summed E-state index contributed by atoms with van der Waals surface area (Å²) in [5.74, 6) is -0.786. The molecule has 0 aromatic heterocycles. The van der Waals surface area contributed by atoms with E-state index in [-0.39, 0.29) is 6.10 Å². The molecule has 5 heteroatoms. The minimum atomic E-state index is -0.849. The van der Waals surface area contributed by atoms with Crippen LogP contribution in [0.15, 0.2) is 0 Å². The van der Waals surface area contributed by atoms with E-state index in [1.807, 2.05) is 11.8 Å². The summed E-state index contributed by atoms with van der Waals surface area (Å²) < 4.78 is 5.79. The van der Waals surface area contributed by atoms with Crippen molar-refractivity contribution in [2.45, 2.75) is 52.3 Å². The minimum absolute atomic E-state index is 0.0923. The molecule has 1 rings (SSSR count). The van der Waals surface area contributed by atoms with Crippen LogP contribution in [-0.2, 0) is 9.53 Å². The third-order valence-electron chi connectivity index (χ3n) is 4.02. The fraction of sp³-hybridized carbons (Fsp3) is 0.929. The van der Waals surface area contributed by atoms with Crippen LogP contribution in [0.3, 0.4) is 0 Å². The van der Waals surface area contributed by atoms with Crippen LogP contribution < -0.4 is 0 Å². The summed E-state index contributed by atoms with van der Waals surface area (Å²) in [5, 5.41) is 9.32. The van der Waals surface area contributed by atoms with E-state index in [9.17, 15) is 9.90 Å². The maximum absolute atomic E-state index is 11.3. The molecule has 0 saturated carbocycles. The Morgan fingerprint density at radius 2 is 2.16 bits per heavy atom. The Hall–Kier alpha value is -0.650. The van der Waals surface area contributed by atoms with Crippen LogP contribution in [0.25, 0.3) is 0 Å². The SMILES string of the molecule is CCN(CC1CN(C(C)C)CCO1)C(C)(C)C(=O)O. The number of hydrogen-bond acceptors (Lipinski definition) is 4. The highest BCUT2D eigenvalue weighted by molar-refractivity contribution is 5.77. The number of likely N-dealkylation sites (N-methyl/N-ethyl adjacent to an activating group) is 1. The monoisotopic (exact) mass is 272 g/mol. The van der Waals surface area contributed by atoms with Gasteiger partial charge in [0.1, 0.15) is 5.54 Å². The normalized spacial score (nSPS) is 22.2. The zero-order chi connectivity index (χ0) is 14.6. The Bertz CT molecular complexity index is 305. The van der Waals surface area contributed by atoms with Gasteiger partial charge in [-0.2, -0.15) is 0 Å². The number of nitrogens with zero attached hydrogens (tertiary/aromatic N) is 2. The Morgan fingerprint density at radius 3 is 2.63 bits per heavy atom. The van der Waals surface area contributed by atoms with Crippen LogP contribution in [0.1, 0.15) is 34.6 Å². The molecule has 0 aromatic carbocycles. The number of ether oxygens (including phenoxy) is 1. The first-order chi connectivity index (χ1) is 8.78. The number of morpholine rings is 1. The van der Waals surface area contributed by atoms with Crippen molar-refractivity contribution >= 4 is 5.97 Å². The quantitative estimate of drug-likeness (QED) is 0.789. The largest absolute Gasteiger partial charge is 0.480 e. The zero-order valence-corrected chi connectivity index (χ0v) is 12.8. The van der Waals surface area contributed by atoms with E-state index in [1.54, 1.807) is 13.8 Å². The topological polar surface area (TPSA) is 53.0 Å². The van der Waals surface area contributed by atoms with Crippen LogP contribution in [0.2, 0.25) is 0 Å². The maximum atomic E-state index is 11.3. The Labute approximate surface area is 116 Å². The van der Waals surface area contributed by atoms with Gasteiger partial charge < -0.3 is 9.84 Å². The molecule has 112 valence electrons. The number of hydrogen-bond donors (Lipinski definition) is 1. The molecular formula is C14H28N2O3. The molecule has 1 unspecified atom stereocenters. The van der Waals surface area contributed by atoms with E-state index in [1.165, 1.54) is 0 Å². The predicted molar refractivity (Wildman–Crippen MR) is 75.4 cm³/mol. The highest BCUT2D eigenvalue weighted by atomic mass is 16.5. The van der Waals surface area contributed by atoms with Crippen LogP contribution in [-0.4, -0.2) is 71.3 Å². The van der Waals surface area contributed by atoms with Gasteiger partial charge >= 0.3 is 5.97 Å². The Kier molecular flexibility index (Phi) is 5.77. The lowest BCUT2D eigenvalue weighted by Gasteiger charge is -2.41. The van der Waals surface area contributed by atoms with Crippen molar-refractivity contribution in [3.63, 3.8) is 0 Å². The van der Waals surface area contributed by atoms with E-state index in [0.717, 1.165) is 19.7 Å². The smallest absolute Gasteiger partial charge is 0.323 e. The number of carboxylic acids is 1. The van der Waals surface area contributed by atoms with Gasteiger partial charge in [-0.1, -0.05) is 6.92 Å². The van der Waals surface area contributed by atoms with Gasteiger partial charge in [0.2, 0.25) is 0 Å². The lowest BCUT2D eigenvalue weighted by molar-refractivity contribution is -0.151. The fourth-order valence-corrected chi connectivity index (χ4v) is 2.46. The molecule has 0 spiro atoms. The van der Waals surface area contributed by atoms with E-state index in [2.05, 4.69) is 18.7 Å². The first kappa shape index (κ1) is 16.4. The summed E-state index contributed by atoms with van der Waals surface area (Å²) in [5.41, 5.74) is -0.849. The highest BCUT2D eigenvalue weighted by Gasteiger charge is 2.36. The molecule has 1 heterocycles. The molecule has 5 nitrogen and oxygen atoms in total. The van der Waals surface area contributed by atoms with Gasteiger partial charge in [0.15, 0.2) is 0 Å². The summed E-state index contributed by atoms with van der Waals surface area (Å²) in [4.78, 5) is 15.7. The van der Waals surface area contributed by atoms with Crippen LogP contribution in [0, 0.1) is 0 Å². The molecule has 1 N–H and O–H groups in total. The van der Waals surface area contributed by atoms with Gasteiger partial charge in [0.25, 0.3) is 0 Å². The molecular weight excluding hydrogens is 244 g/mol. The third-order valence-corrected chi connectivity index (χ3v) is 4.02. The second-order valence-electron chi connectivity index (χ2n) is 5.98. The lowest BCUT2D eigenvalue weighted by atomic mass is 10.0. The molecule has 0 aliphatic carbocycles. The average molecular weight is 272 g/mol. The van der Waals surface area contributed by atoms with E-state index >= 15 is 0 Å². The minimum Gasteiger partial charge on any atom is -0.480 e. The highest BCUT2D eigenvalue weighted by Crippen LogP contribution is 2.18. The molecule has 19 heavy (non-hydrogen) atoms. The van der Waals surface area contributed by atoms with Gasteiger partial charge in [0.05, 0.1) is 12.7 Å². The molecule has 1 saturated heterocycles. The Balaban J connectivity index is 2.63. The van der Waals surface area contributed by atoms with Crippen molar-refractivity contribution in [1.29, 1.82) is 0 Å². The summed E-state index contributed by atoms with van der Waals surface area (Å²) in [6.07, 6.45) is 0.0923. The molecule has 1 aliphatic rings. The standard InChI is InChI=1S/C14H28N2O3/c1-6-16(14(4,5)13(17)18)10-12-9-15(11(2)3)7-8-19-12/h11-12H,6-10H2,1-5H3,(H,17,18). The average Bonchev–Trinajstić information content (AvgIpc) is 2.35. The van der Waals surface area contributed by atoms with Crippen molar-refractivity contribution in [3.05, 3.63) is 0 Å². The van der Waals surface area contributed by atoms with E-state index in [0.29, 0.717) is 19.1 Å². The van der Waals surface area contributed by atoms with Crippen molar-refractivity contribution < 1.29 is 14.6 Å². The van der Waals surface area contributed by atoms with Gasteiger partial charge in [-0.25, -0.2) is 0 Å². The summed E-state index contributed by atoms with van der Waals surface area (Å²) in [7, 11) is 0. The maximum Gasteiger partial charge on any atom is 0.323 e. The molecule has 0 amide bonds. The zero-order valence-electron chi connectivity index (χ0n) is 12.8. The van der Waals surface area contributed by atoms with E-state index in [4.69, 9.17) is 4.74 Å². The van der Waals surface area contributed by atoms with Crippen LogP contribution >= 0.6 is 0 Å². The molecule has 1 aliphatic heterocycles. The van der Waals surface area contributed by atoms with Gasteiger partial charge in [-0.3, -0.25) is 14.6 Å². The predicted octanol–water partition coefficient (Wildman–Crippen LogP) is 1.28. The van der Waals surface area contributed by atoms with Crippen LogP contribution in [0.5, 0.6) is 0 Å². The van der Waals surface area contributed by atoms with Crippen molar-refractivity contribution in [1.82, 2.24) is 9.80 Å². The number of aliphatic carboxylic acids is 1. The number of rotatable bonds is 6. The first-order valence-electron chi connectivity index (χ1n) is 7.13. The molecule has 1 atom stereocenters. The fourth-order valence-electron chi connectivity index (χ4n) is 2.46. The molecule has 0 bridgehead atoms. The molecule has 1 fully saturated rings. The second-order valence-corrected chi connectivity index (χ2v) is 5.98. The summed E-state index contributed by atoms with van der Waals surface area (Å²) in [6, 6.07) is 0.508. The van der Waals surface area contributed by atoms with Gasteiger partial charge in [0, 0.05) is 25.7 Å². The van der Waals surface area contributed by atoms with Gasteiger partial charge in [-0.05, 0) is 34.2 Å². The van der Waals surface area contributed by atoms with E-state index < -0.39 is 11.5 Å². The van der Waals surface area contributed by atoms with Crippen molar-refractivity contribution in [3.8, 4) is 0 Å². The molecule has 0 aromatic rings. The van der Waals surface area contributed by atoms with Crippen molar-refractivity contribution in [2.24, 2.45) is 0 Å². The van der Waals surface area contributed by atoms with Crippen molar-refractivity contribution in [2.75, 3.05) is 32.8 Å². The third kappa shape index (κ3) is 4.16. The number of carbonyl (C=O) groups is 1. The second kappa shape index (κ2) is 6.68. The van der Waals surface area contributed by atoms with Crippen LogP contribution in [0.4, 0.5) is 0 Å². The summed E-state index contributed by atoms with van der Waals surface area (Å²) >= 11 is 0. The first-order valence-corrected chi connectivity index (χ1v) is 7.13. The molecule has 0 radical (unpaired) electrons. The lowest BCUT2D eigenvalue weighted by Crippen LogP contribution is -2.56. The number of carboxylic acid groups (broad SMARTS) is 1. The van der Waals surface area contributed by atoms with Gasteiger partial charge in [-0.15, -0.1) is 0 Å². The Morgan fingerprint density at radius 1 is 1.53 bits per heavy atom. The summed E-state index contributed by atoms with van der Waals surface area (Å²) in [6.45, 7) is 13.8.